The third-order valence-corrected chi connectivity index (χ3v) is 5.22. The molecule has 30 heavy (non-hydrogen) atoms. The predicted octanol–water partition coefficient (Wildman–Crippen LogP) is 2.35. The maximum Gasteiger partial charge on any atom is 0.331 e. The van der Waals surface area contributed by atoms with Crippen LogP contribution in [0.1, 0.15) is 55.5 Å². The molecule has 157 valence electrons. The summed E-state index contributed by atoms with van der Waals surface area (Å²) in [5.41, 5.74) is 3.79. The number of carbonyl (C=O) groups is 2. The number of nitrogens with one attached hydrogen (secondary N) is 1. The lowest BCUT2D eigenvalue weighted by Gasteiger charge is -2.30. The van der Waals surface area contributed by atoms with Crippen molar-refractivity contribution in [3.8, 4) is 5.75 Å². The number of ether oxygens (including phenoxy) is 1. The molecule has 2 N–H and O–H groups in total. The summed E-state index contributed by atoms with van der Waals surface area (Å²) in [4.78, 5) is 24.4. The highest BCUT2D eigenvalue weighted by Gasteiger charge is 2.34. The fourth-order valence-electron chi connectivity index (χ4n) is 4.15. The molecule has 1 heterocycles. The van der Waals surface area contributed by atoms with Crippen molar-refractivity contribution in [2.75, 3.05) is 0 Å². The summed E-state index contributed by atoms with van der Waals surface area (Å²) in [6.45, 7) is 9.05. The average Bonchev–Trinajstić information content (AvgIpc) is 3.03. The van der Waals surface area contributed by atoms with Crippen molar-refractivity contribution in [2.24, 2.45) is 0 Å². The van der Waals surface area contributed by atoms with Gasteiger partial charge in [0.15, 0.2) is 6.23 Å². The minimum atomic E-state index is -1.18. The molecule has 0 saturated heterocycles. The average molecular weight is 408 g/mol. The third kappa shape index (κ3) is 4.74. The Labute approximate surface area is 177 Å². The first-order chi connectivity index (χ1) is 14.1. The van der Waals surface area contributed by atoms with E-state index >= 15 is 0 Å². The summed E-state index contributed by atoms with van der Waals surface area (Å²) in [6, 6.07) is 11.3. The molecular weight excluding hydrogens is 381 g/mol. The molecule has 0 fully saturated rings. The van der Waals surface area contributed by atoms with Crippen LogP contribution in [0.2, 0.25) is 0 Å². The zero-order valence-corrected chi connectivity index (χ0v) is 18.0. The Bertz CT molecular complexity index is 972. The van der Waals surface area contributed by atoms with E-state index in [0.717, 1.165) is 27.7 Å². The van der Waals surface area contributed by atoms with E-state index in [9.17, 15) is 14.7 Å². The number of hydrogen-bond acceptors (Lipinski definition) is 5. The van der Waals surface area contributed by atoms with Crippen molar-refractivity contribution in [1.82, 2.24) is 5.32 Å². The minimum Gasteiger partial charge on any atom is -0.426 e. The molecule has 3 rings (SSSR count). The first kappa shape index (κ1) is 22.1. The Morgan fingerprint density at radius 3 is 2.67 bits per heavy atom. The number of aryl methyl sites for hydroxylation is 2. The fraction of sp³-hybridized carbons (Fsp3) is 0.391. The van der Waals surface area contributed by atoms with E-state index in [1.165, 1.54) is 6.92 Å². The summed E-state index contributed by atoms with van der Waals surface area (Å²) in [6.07, 6.45) is -1.73. The highest BCUT2D eigenvalue weighted by Crippen LogP contribution is 2.38. The van der Waals surface area contributed by atoms with Gasteiger partial charge in [-0.05, 0) is 42.1 Å². The molecule has 0 bridgehead atoms. The van der Waals surface area contributed by atoms with E-state index in [0.29, 0.717) is 5.75 Å². The molecule has 7 heteroatoms. The number of benzene rings is 2. The zero-order valence-electron chi connectivity index (χ0n) is 18.0. The fourth-order valence-corrected chi connectivity index (χ4v) is 4.15. The Hall–Kier alpha value is -2.64. The first-order valence-electron chi connectivity index (χ1n) is 9.93. The van der Waals surface area contributed by atoms with Gasteiger partial charge in [-0.1, -0.05) is 44.2 Å². The first-order valence-corrected chi connectivity index (χ1v) is 9.93. The maximum absolute atomic E-state index is 12.8. The molecular formula is C23H27BNO5. The minimum absolute atomic E-state index is 0.0975. The van der Waals surface area contributed by atoms with Crippen LogP contribution in [0.15, 0.2) is 36.4 Å². The van der Waals surface area contributed by atoms with Gasteiger partial charge in [0.05, 0.1) is 0 Å². The van der Waals surface area contributed by atoms with Gasteiger partial charge in [0.2, 0.25) is 5.91 Å². The molecule has 0 saturated carbocycles. The molecule has 2 aromatic carbocycles. The second-order valence-corrected chi connectivity index (χ2v) is 8.43. The summed E-state index contributed by atoms with van der Waals surface area (Å²) in [5, 5.41) is 13.2. The largest absolute Gasteiger partial charge is 0.426 e. The Balaban J connectivity index is 1.76. The maximum atomic E-state index is 12.8. The monoisotopic (exact) mass is 408 g/mol. The molecule has 6 nitrogen and oxygen atoms in total. The van der Waals surface area contributed by atoms with Gasteiger partial charge in [-0.2, -0.15) is 0 Å². The van der Waals surface area contributed by atoms with E-state index in [-0.39, 0.29) is 12.3 Å². The van der Waals surface area contributed by atoms with E-state index < -0.39 is 23.7 Å². The van der Waals surface area contributed by atoms with Gasteiger partial charge in [-0.25, -0.2) is 0 Å². The zero-order chi connectivity index (χ0) is 22.1. The van der Waals surface area contributed by atoms with Crippen molar-refractivity contribution >= 4 is 24.8 Å². The van der Waals surface area contributed by atoms with Gasteiger partial charge in [0.1, 0.15) is 11.9 Å². The van der Waals surface area contributed by atoms with Crippen LogP contribution in [0.5, 0.6) is 5.75 Å². The highest BCUT2D eigenvalue weighted by molar-refractivity contribution is 6.49. The van der Waals surface area contributed by atoms with E-state index in [1.807, 2.05) is 58.0 Å². The van der Waals surface area contributed by atoms with Crippen LogP contribution in [0.25, 0.3) is 0 Å². The molecule has 2 unspecified atom stereocenters. The van der Waals surface area contributed by atoms with Crippen LogP contribution >= 0.6 is 0 Å². The van der Waals surface area contributed by atoms with E-state index in [4.69, 9.17) is 9.39 Å². The molecule has 1 aliphatic rings. The molecule has 0 aliphatic carbocycles. The van der Waals surface area contributed by atoms with Gasteiger partial charge in [-0.3, -0.25) is 9.59 Å². The molecule has 2 atom stereocenters. The van der Waals surface area contributed by atoms with E-state index in [2.05, 4.69) is 5.32 Å². The topological polar surface area (TPSA) is 84.9 Å². The lowest BCUT2D eigenvalue weighted by molar-refractivity contribution is -0.132. The molecule has 0 spiro atoms. The van der Waals surface area contributed by atoms with E-state index in [1.54, 1.807) is 13.5 Å². The molecule has 1 amide bonds. The Morgan fingerprint density at radius 2 is 1.97 bits per heavy atom. The van der Waals surface area contributed by atoms with Crippen LogP contribution < -0.4 is 15.5 Å². The predicted molar refractivity (Wildman–Crippen MR) is 115 cm³/mol. The molecule has 1 aliphatic heterocycles. The Morgan fingerprint density at radius 1 is 1.27 bits per heavy atom. The number of fused-ring (bicyclic) bond motifs is 1. The van der Waals surface area contributed by atoms with Crippen LogP contribution in [0, 0.1) is 13.8 Å². The van der Waals surface area contributed by atoms with Crippen molar-refractivity contribution < 1.29 is 24.1 Å². The second-order valence-electron chi connectivity index (χ2n) is 8.43. The smallest absolute Gasteiger partial charge is 0.331 e. The quantitative estimate of drug-likeness (QED) is 0.332. The van der Waals surface area contributed by atoms with Gasteiger partial charge >= 0.3 is 13.5 Å². The standard InChI is InChI=1S/C23H27BNO5/c1-13-10-14(2)20(18(11-13)29-15(3)26)23(4,5)12-19(27)25-22(28)21-16-8-6-7-9-17(16)24-30-21/h6-11,21-22,28H,12H2,1-5H3,(H,25,27). The third-order valence-electron chi connectivity index (χ3n) is 5.22. The van der Waals surface area contributed by atoms with Gasteiger partial charge in [0, 0.05) is 24.3 Å². The van der Waals surface area contributed by atoms with Gasteiger partial charge in [0.25, 0.3) is 0 Å². The lowest BCUT2D eigenvalue weighted by Crippen LogP contribution is -2.41. The molecule has 1 radical (unpaired) electrons. The summed E-state index contributed by atoms with van der Waals surface area (Å²) >= 11 is 0. The number of amides is 1. The van der Waals surface area contributed by atoms with Crippen molar-refractivity contribution in [1.29, 1.82) is 0 Å². The number of carbonyl (C=O) groups excluding carboxylic acids is 2. The summed E-state index contributed by atoms with van der Waals surface area (Å²) in [5.74, 6) is -0.277. The summed E-state index contributed by atoms with van der Waals surface area (Å²) < 4.78 is 11.0. The lowest BCUT2D eigenvalue weighted by atomic mass is 9.78. The second kappa shape index (κ2) is 8.62. The SMILES string of the molecule is CC(=O)Oc1cc(C)cc(C)c1C(C)(C)CC(=O)NC(O)C1O[B]c2ccccc21. The van der Waals surface area contributed by atoms with Crippen molar-refractivity contribution in [3.05, 3.63) is 58.7 Å². The Kier molecular flexibility index (Phi) is 6.34. The number of hydrogen-bond donors (Lipinski definition) is 2. The number of aliphatic hydroxyl groups is 1. The van der Waals surface area contributed by atoms with Crippen LogP contribution in [-0.2, 0) is 19.7 Å². The van der Waals surface area contributed by atoms with Crippen molar-refractivity contribution in [3.63, 3.8) is 0 Å². The number of rotatable bonds is 6. The highest BCUT2D eigenvalue weighted by atomic mass is 16.5. The molecule has 0 aromatic heterocycles. The normalized spacial score (nSPS) is 16.4. The van der Waals surface area contributed by atoms with Crippen LogP contribution in [0.3, 0.4) is 0 Å². The van der Waals surface area contributed by atoms with Gasteiger partial charge in [-0.15, -0.1) is 0 Å². The number of esters is 1. The number of aliphatic hydroxyl groups excluding tert-OH is 1. The van der Waals surface area contributed by atoms with Crippen molar-refractivity contribution in [2.45, 2.75) is 58.8 Å². The van der Waals surface area contributed by atoms with Crippen LogP contribution in [-0.4, -0.2) is 30.7 Å². The summed E-state index contributed by atoms with van der Waals surface area (Å²) in [7, 11) is 1.58. The van der Waals surface area contributed by atoms with Gasteiger partial charge < -0.3 is 19.8 Å². The molecule has 2 aromatic rings. The van der Waals surface area contributed by atoms with Crippen LogP contribution in [0.4, 0.5) is 0 Å².